The Hall–Kier alpha value is -0.130. The van der Waals surface area contributed by atoms with Crippen LogP contribution in [0.3, 0.4) is 0 Å². The fourth-order valence-corrected chi connectivity index (χ4v) is 2.36. The van der Waals surface area contributed by atoms with Gasteiger partial charge in [-0.15, -0.1) is 0 Å². The molecule has 5 heteroatoms. The summed E-state index contributed by atoms with van der Waals surface area (Å²) in [6, 6.07) is 0. The molecule has 0 spiro atoms. The summed E-state index contributed by atoms with van der Waals surface area (Å²) < 4.78 is 28.5. The molecule has 0 saturated carbocycles. The number of nitrogens with two attached hydrogens (primary N) is 1. The van der Waals surface area contributed by atoms with Crippen LogP contribution in [0.15, 0.2) is 0 Å². The van der Waals surface area contributed by atoms with Crippen molar-refractivity contribution in [1.82, 2.24) is 0 Å². The van der Waals surface area contributed by atoms with E-state index in [0.717, 1.165) is 0 Å². The lowest BCUT2D eigenvalue weighted by molar-refractivity contribution is 0.123. The van der Waals surface area contributed by atoms with Crippen LogP contribution in [0.2, 0.25) is 0 Å². The molecule has 0 aromatic carbocycles. The van der Waals surface area contributed by atoms with E-state index in [2.05, 4.69) is 0 Å². The molecule has 0 fully saturated rings. The first-order valence-electron chi connectivity index (χ1n) is 5.39. The Morgan fingerprint density at radius 2 is 1.87 bits per heavy atom. The van der Waals surface area contributed by atoms with Gasteiger partial charge in [0.05, 0.1) is 17.6 Å². The Morgan fingerprint density at radius 3 is 2.33 bits per heavy atom. The molecule has 0 rings (SSSR count). The highest BCUT2D eigenvalue weighted by atomic mass is 32.2. The lowest BCUT2D eigenvalue weighted by Crippen LogP contribution is -2.26. The van der Waals surface area contributed by atoms with E-state index in [4.69, 9.17) is 10.5 Å². The van der Waals surface area contributed by atoms with Crippen molar-refractivity contribution in [2.24, 2.45) is 11.7 Å². The average Bonchev–Trinajstić information content (AvgIpc) is 2.12. The SMILES string of the molecule is CC(C)COCCS(=O)(=O)C(C)CCN. The fraction of sp³-hybridized carbons (Fsp3) is 1.00. The molecule has 4 nitrogen and oxygen atoms in total. The minimum atomic E-state index is -3.03. The van der Waals surface area contributed by atoms with E-state index in [1.165, 1.54) is 0 Å². The topological polar surface area (TPSA) is 69.4 Å². The number of sulfone groups is 1. The van der Waals surface area contributed by atoms with Crippen LogP contribution in [0.4, 0.5) is 0 Å². The molecule has 0 aliphatic heterocycles. The minimum absolute atomic E-state index is 0.0981. The molecule has 0 aliphatic carbocycles. The van der Waals surface area contributed by atoms with Gasteiger partial charge in [0.15, 0.2) is 9.84 Å². The third kappa shape index (κ3) is 6.87. The van der Waals surface area contributed by atoms with Gasteiger partial charge < -0.3 is 10.5 Å². The van der Waals surface area contributed by atoms with E-state index < -0.39 is 9.84 Å². The second kappa shape index (κ2) is 7.19. The molecule has 15 heavy (non-hydrogen) atoms. The van der Waals surface area contributed by atoms with Crippen LogP contribution >= 0.6 is 0 Å². The maximum absolute atomic E-state index is 11.6. The van der Waals surface area contributed by atoms with E-state index in [9.17, 15) is 8.42 Å². The van der Waals surface area contributed by atoms with Gasteiger partial charge in [-0.05, 0) is 25.8 Å². The van der Waals surface area contributed by atoms with Crippen molar-refractivity contribution in [2.75, 3.05) is 25.5 Å². The second-order valence-electron chi connectivity index (χ2n) is 4.22. The zero-order valence-electron chi connectivity index (χ0n) is 9.90. The third-order valence-electron chi connectivity index (χ3n) is 2.15. The number of hydrogen-bond acceptors (Lipinski definition) is 4. The summed E-state index contributed by atoms with van der Waals surface area (Å²) in [7, 11) is -3.03. The maximum atomic E-state index is 11.6. The summed E-state index contributed by atoms with van der Waals surface area (Å²) in [5, 5.41) is -0.356. The van der Waals surface area contributed by atoms with Crippen molar-refractivity contribution >= 4 is 9.84 Å². The highest BCUT2D eigenvalue weighted by molar-refractivity contribution is 7.92. The van der Waals surface area contributed by atoms with Crippen LogP contribution in [0.25, 0.3) is 0 Å². The van der Waals surface area contributed by atoms with E-state index in [0.29, 0.717) is 25.5 Å². The van der Waals surface area contributed by atoms with Gasteiger partial charge in [0, 0.05) is 6.61 Å². The standard InChI is InChI=1S/C10H23NO3S/c1-9(2)8-14-6-7-15(12,13)10(3)4-5-11/h9-10H,4-8,11H2,1-3H3. The fourth-order valence-electron chi connectivity index (χ4n) is 1.11. The average molecular weight is 237 g/mol. The van der Waals surface area contributed by atoms with Gasteiger partial charge >= 0.3 is 0 Å². The molecular formula is C10H23NO3S. The van der Waals surface area contributed by atoms with E-state index in [1.807, 2.05) is 13.8 Å². The second-order valence-corrected chi connectivity index (χ2v) is 6.76. The first-order chi connectivity index (χ1) is 6.90. The molecule has 1 atom stereocenters. The van der Waals surface area contributed by atoms with Crippen LogP contribution < -0.4 is 5.73 Å². The molecule has 2 N–H and O–H groups in total. The summed E-state index contributed by atoms with van der Waals surface area (Å²) >= 11 is 0. The van der Waals surface area contributed by atoms with E-state index >= 15 is 0 Å². The minimum Gasteiger partial charge on any atom is -0.380 e. The third-order valence-corrected chi connectivity index (χ3v) is 4.35. The van der Waals surface area contributed by atoms with Gasteiger partial charge in [-0.1, -0.05) is 13.8 Å². The molecule has 1 unspecified atom stereocenters. The van der Waals surface area contributed by atoms with Crippen molar-refractivity contribution in [1.29, 1.82) is 0 Å². The molecule has 0 amide bonds. The lowest BCUT2D eigenvalue weighted by atomic mass is 10.2. The monoisotopic (exact) mass is 237 g/mol. The van der Waals surface area contributed by atoms with Crippen LogP contribution in [-0.2, 0) is 14.6 Å². The summed E-state index contributed by atoms with van der Waals surface area (Å²) in [5.41, 5.74) is 5.32. The van der Waals surface area contributed by atoms with Crippen LogP contribution in [-0.4, -0.2) is 39.2 Å². The molecule has 0 aromatic rings. The van der Waals surface area contributed by atoms with E-state index in [-0.39, 0.29) is 17.6 Å². The first kappa shape index (κ1) is 14.9. The number of ether oxygens (including phenoxy) is 1. The maximum Gasteiger partial charge on any atom is 0.155 e. The molecular weight excluding hydrogens is 214 g/mol. The van der Waals surface area contributed by atoms with Gasteiger partial charge in [0.1, 0.15) is 0 Å². The van der Waals surface area contributed by atoms with Crippen molar-refractivity contribution in [3.63, 3.8) is 0 Å². The zero-order chi connectivity index (χ0) is 11.9. The summed E-state index contributed by atoms with van der Waals surface area (Å²) in [4.78, 5) is 0. The van der Waals surface area contributed by atoms with Gasteiger partial charge in [-0.2, -0.15) is 0 Å². The van der Waals surface area contributed by atoms with Crippen molar-refractivity contribution in [3.8, 4) is 0 Å². The highest BCUT2D eigenvalue weighted by Crippen LogP contribution is 2.05. The first-order valence-corrected chi connectivity index (χ1v) is 7.11. The van der Waals surface area contributed by atoms with Crippen molar-refractivity contribution in [2.45, 2.75) is 32.4 Å². The molecule has 0 aliphatic rings. The van der Waals surface area contributed by atoms with Crippen LogP contribution in [0.1, 0.15) is 27.2 Å². The molecule has 92 valence electrons. The van der Waals surface area contributed by atoms with Crippen LogP contribution in [0.5, 0.6) is 0 Å². The van der Waals surface area contributed by atoms with Gasteiger partial charge in [0.2, 0.25) is 0 Å². The van der Waals surface area contributed by atoms with Gasteiger partial charge in [-0.3, -0.25) is 0 Å². The normalized spacial score (nSPS) is 14.5. The van der Waals surface area contributed by atoms with Gasteiger partial charge in [0.25, 0.3) is 0 Å². The van der Waals surface area contributed by atoms with Crippen molar-refractivity contribution in [3.05, 3.63) is 0 Å². The predicted molar refractivity (Wildman–Crippen MR) is 62.6 cm³/mol. The Morgan fingerprint density at radius 1 is 1.27 bits per heavy atom. The Bertz CT molecular complexity index is 249. The lowest BCUT2D eigenvalue weighted by Gasteiger charge is -2.12. The smallest absolute Gasteiger partial charge is 0.155 e. The Balaban J connectivity index is 3.84. The Kier molecular flexibility index (Phi) is 7.13. The summed E-state index contributed by atoms with van der Waals surface area (Å²) in [6.07, 6.45) is 0.520. The molecule has 0 bridgehead atoms. The quantitative estimate of drug-likeness (QED) is 0.634. The predicted octanol–water partition coefficient (Wildman–Crippen LogP) is 0.811. The van der Waals surface area contributed by atoms with Crippen molar-refractivity contribution < 1.29 is 13.2 Å². The molecule has 0 heterocycles. The molecule has 0 aromatic heterocycles. The Labute approximate surface area is 93.1 Å². The van der Waals surface area contributed by atoms with Gasteiger partial charge in [-0.25, -0.2) is 8.42 Å². The number of hydrogen-bond donors (Lipinski definition) is 1. The largest absolute Gasteiger partial charge is 0.380 e. The zero-order valence-corrected chi connectivity index (χ0v) is 10.7. The molecule has 0 radical (unpaired) electrons. The van der Waals surface area contributed by atoms with Crippen LogP contribution in [0, 0.1) is 5.92 Å². The number of rotatable bonds is 8. The van der Waals surface area contributed by atoms with E-state index in [1.54, 1.807) is 6.92 Å². The summed E-state index contributed by atoms with van der Waals surface area (Å²) in [6.45, 7) is 7.07. The summed E-state index contributed by atoms with van der Waals surface area (Å²) in [5.74, 6) is 0.537. The highest BCUT2D eigenvalue weighted by Gasteiger charge is 2.19. The molecule has 0 saturated heterocycles.